The zero-order chi connectivity index (χ0) is 8.85. The minimum atomic E-state index is -0.361. The summed E-state index contributed by atoms with van der Waals surface area (Å²) in [5.41, 5.74) is 5.23. The minimum Gasteiger partial charge on any atom is -0.492 e. The molecule has 0 bridgehead atoms. The number of halogens is 1. The highest BCUT2D eigenvalue weighted by molar-refractivity contribution is 7.57. The van der Waals surface area contributed by atoms with E-state index in [0.29, 0.717) is 5.95 Å². The number of aromatic hydroxyl groups is 1. The van der Waals surface area contributed by atoms with Gasteiger partial charge in [-0.1, -0.05) is 0 Å². The fourth-order valence-electron chi connectivity index (χ4n) is 0.464. The van der Waals surface area contributed by atoms with Gasteiger partial charge in [0.25, 0.3) is 7.81 Å². The number of anilines is 1. The molecule has 0 aromatic carbocycles. The molecule has 0 spiro atoms. The van der Waals surface area contributed by atoms with E-state index in [1.54, 1.807) is 7.05 Å². The maximum absolute atomic E-state index is 8.67. The van der Waals surface area contributed by atoms with E-state index < -0.39 is 0 Å². The van der Waals surface area contributed by atoms with Gasteiger partial charge in [-0.3, -0.25) is 4.57 Å². The monoisotopic (exact) mass is 195 g/mol. The van der Waals surface area contributed by atoms with Crippen molar-refractivity contribution in [2.45, 2.75) is 0 Å². The number of imidazole rings is 1. The number of hydrogen-bond donors (Lipinski definition) is 2. The van der Waals surface area contributed by atoms with Crippen molar-refractivity contribution in [1.29, 1.82) is 0 Å². The molecule has 62 valence electrons. The van der Waals surface area contributed by atoms with Gasteiger partial charge in [-0.15, -0.1) is 0 Å². The van der Waals surface area contributed by atoms with Crippen molar-refractivity contribution in [3.8, 4) is 5.88 Å². The van der Waals surface area contributed by atoms with Crippen LogP contribution in [0.25, 0.3) is 0 Å². The van der Waals surface area contributed by atoms with E-state index in [1.807, 2.05) is 0 Å². The van der Waals surface area contributed by atoms with E-state index in [1.165, 1.54) is 10.8 Å². The molecule has 1 rings (SSSR count). The first-order valence-electron chi connectivity index (χ1n) is 2.53. The molecule has 0 radical (unpaired) electrons. The van der Waals surface area contributed by atoms with Gasteiger partial charge in [0.05, 0.1) is 6.20 Å². The summed E-state index contributed by atoms with van der Waals surface area (Å²) in [6, 6.07) is 0. The first-order valence-corrected chi connectivity index (χ1v) is 4.25. The number of nitrogens with two attached hydrogens (primary N) is 1. The fraction of sp³-hybridized carbons (Fsp3) is 0.250. The normalized spacial score (nSPS) is 8.91. The molecule has 1 aromatic rings. The Hall–Kier alpha value is -0.800. The second-order valence-corrected chi connectivity index (χ2v) is 2.19. The van der Waals surface area contributed by atoms with Crippen LogP contribution in [0.3, 0.4) is 0 Å². The SMILES string of the molecule is Cn1cc(O)nc1N.O=PCl. The van der Waals surface area contributed by atoms with Crippen molar-refractivity contribution in [2.75, 3.05) is 5.73 Å². The van der Waals surface area contributed by atoms with Crippen LogP contribution in [-0.4, -0.2) is 14.7 Å². The summed E-state index contributed by atoms with van der Waals surface area (Å²) in [4.78, 5) is 3.51. The molecule has 11 heavy (non-hydrogen) atoms. The Bertz CT molecular complexity index is 220. The molecule has 1 heterocycles. The predicted octanol–water partition coefficient (Wildman–Crippen LogP) is 1.14. The van der Waals surface area contributed by atoms with Crippen molar-refractivity contribution in [3.05, 3.63) is 6.20 Å². The van der Waals surface area contributed by atoms with E-state index in [0.717, 1.165) is 0 Å². The van der Waals surface area contributed by atoms with Crippen LogP contribution in [0, 0.1) is 0 Å². The molecule has 1 aromatic heterocycles. The Balaban J connectivity index is 0.000000292. The highest BCUT2D eigenvalue weighted by Crippen LogP contribution is 2.06. The molecule has 5 nitrogen and oxygen atoms in total. The van der Waals surface area contributed by atoms with Crippen LogP contribution in [0.4, 0.5) is 5.95 Å². The molecule has 0 fully saturated rings. The standard InChI is InChI=1S/C4H7N3O.ClOP/c1-7-2-3(8)6-4(7)5;1-3-2/h2,8H,1H3,(H2,5,6);. The summed E-state index contributed by atoms with van der Waals surface area (Å²) in [5.74, 6) is 0.285. The van der Waals surface area contributed by atoms with Crippen molar-refractivity contribution in [1.82, 2.24) is 9.55 Å². The number of nitrogen functional groups attached to an aromatic ring is 1. The Labute approximate surface area is 69.8 Å². The summed E-state index contributed by atoms with van der Waals surface area (Å²) >= 11 is 4.42. The molecular weight excluding hydrogens is 188 g/mol. The van der Waals surface area contributed by atoms with Gasteiger partial charge in [0.1, 0.15) is 0 Å². The highest BCUT2D eigenvalue weighted by atomic mass is 35.7. The average Bonchev–Trinajstić information content (AvgIpc) is 2.12. The van der Waals surface area contributed by atoms with Crippen LogP contribution in [0.2, 0.25) is 0 Å². The van der Waals surface area contributed by atoms with Gasteiger partial charge in [0.2, 0.25) is 11.8 Å². The van der Waals surface area contributed by atoms with E-state index in [4.69, 9.17) is 15.4 Å². The zero-order valence-electron chi connectivity index (χ0n) is 5.73. The lowest BCUT2D eigenvalue weighted by atomic mass is 10.8. The summed E-state index contributed by atoms with van der Waals surface area (Å²) in [6.45, 7) is 0. The molecule has 0 aliphatic carbocycles. The third-order valence-electron chi connectivity index (χ3n) is 0.900. The van der Waals surface area contributed by atoms with E-state index in [9.17, 15) is 0 Å². The topological polar surface area (TPSA) is 81.1 Å². The van der Waals surface area contributed by atoms with Gasteiger partial charge in [-0.2, -0.15) is 4.98 Å². The second kappa shape index (κ2) is 4.93. The van der Waals surface area contributed by atoms with Crippen molar-refractivity contribution in [2.24, 2.45) is 7.05 Å². The number of aryl methyl sites for hydroxylation is 1. The third kappa shape index (κ3) is 3.80. The summed E-state index contributed by atoms with van der Waals surface area (Å²) in [6.07, 6.45) is 1.44. The molecule has 0 saturated heterocycles. The molecule has 3 N–H and O–H groups in total. The number of rotatable bonds is 0. The zero-order valence-corrected chi connectivity index (χ0v) is 7.38. The van der Waals surface area contributed by atoms with Crippen LogP contribution in [-0.2, 0) is 11.6 Å². The second-order valence-electron chi connectivity index (χ2n) is 1.64. The smallest absolute Gasteiger partial charge is 0.267 e. The molecule has 0 amide bonds. The van der Waals surface area contributed by atoms with Crippen LogP contribution in [0.1, 0.15) is 0 Å². The quantitative estimate of drug-likeness (QED) is 0.609. The number of hydrogen-bond acceptors (Lipinski definition) is 4. The van der Waals surface area contributed by atoms with E-state index in [2.05, 4.69) is 16.2 Å². The summed E-state index contributed by atoms with van der Waals surface area (Å²) in [5, 5.41) is 8.62. The summed E-state index contributed by atoms with van der Waals surface area (Å²) < 4.78 is 10.2. The lowest BCUT2D eigenvalue weighted by Gasteiger charge is -1.86. The summed E-state index contributed by atoms with van der Waals surface area (Å²) in [7, 11) is 1.35. The lowest BCUT2D eigenvalue weighted by molar-refractivity contribution is 0.456. The van der Waals surface area contributed by atoms with Crippen LogP contribution in [0.5, 0.6) is 5.88 Å². The first kappa shape index (κ1) is 10.2. The van der Waals surface area contributed by atoms with Gasteiger partial charge in [0, 0.05) is 7.05 Å². The van der Waals surface area contributed by atoms with Gasteiger partial charge < -0.3 is 15.4 Å². The van der Waals surface area contributed by atoms with Crippen molar-refractivity contribution < 1.29 is 9.67 Å². The van der Waals surface area contributed by atoms with Crippen molar-refractivity contribution in [3.63, 3.8) is 0 Å². The molecule has 0 atom stereocenters. The van der Waals surface area contributed by atoms with Gasteiger partial charge in [0.15, 0.2) is 0 Å². The first-order chi connectivity index (χ1) is 5.11. The number of nitrogens with zero attached hydrogens (tertiary/aromatic N) is 2. The Morgan fingerprint density at radius 3 is 2.45 bits per heavy atom. The van der Waals surface area contributed by atoms with Gasteiger partial charge in [-0.05, 0) is 11.2 Å². The fourth-order valence-corrected chi connectivity index (χ4v) is 0.464. The Morgan fingerprint density at radius 2 is 2.36 bits per heavy atom. The maximum atomic E-state index is 8.67. The van der Waals surface area contributed by atoms with Crippen LogP contribution < -0.4 is 5.73 Å². The minimum absolute atomic E-state index is 0.0370. The van der Waals surface area contributed by atoms with E-state index in [-0.39, 0.29) is 13.7 Å². The highest BCUT2D eigenvalue weighted by Gasteiger charge is 1.95. The number of aromatic nitrogens is 2. The molecule has 7 heteroatoms. The average molecular weight is 196 g/mol. The Kier molecular flexibility index (Phi) is 4.57. The predicted molar refractivity (Wildman–Crippen MR) is 42.7 cm³/mol. The molecule has 0 aliphatic heterocycles. The van der Waals surface area contributed by atoms with Gasteiger partial charge in [-0.25, -0.2) is 0 Å². The molecular formula is C4H7ClN3O2P. The van der Waals surface area contributed by atoms with E-state index >= 15 is 0 Å². The molecule has 0 saturated carbocycles. The molecule has 0 aliphatic rings. The van der Waals surface area contributed by atoms with Crippen molar-refractivity contribution >= 4 is 25.0 Å². The third-order valence-corrected chi connectivity index (χ3v) is 0.900. The van der Waals surface area contributed by atoms with Crippen LogP contribution in [0.15, 0.2) is 6.20 Å². The van der Waals surface area contributed by atoms with Gasteiger partial charge >= 0.3 is 0 Å². The van der Waals surface area contributed by atoms with Crippen LogP contribution >= 0.6 is 19.1 Å². The maximum Gasteiger partial charge on any atom is 0.267 e. The lowest BCUT2D eigenvalue weighted by Crippen LogP contribution is -1.94. The Morgan fingerprint density at radius 1 is 1.91 bits per heavy atom. The largest absolute Gasteiger partial charge is 0.492 e. The molecule has 0 unspecified atom stereocenters.